The van der Waals surface area contributed by atoms with Gasteiger partial charge in [0, 0.05) is 24.4 Å². The van der Waals surface area contributed by atoms with E-state index in [1.807, 2.05) is 19.9 Å². The van der Waals surface area contributed by atoms with E-state index < -0.39 is 5.91 Å². The molecule has 0 radical (unpaired) electrons. The number of carbonyl (C=O) groups is 1. The van der Waals surface area contributed by atoms with Crippen LogP contribution in [0.2, 0.25) is 0 Å². The largest absolute Gasteiger partial charge is 0.385 e. The number of nitrogens with zero attached hydrogens (tertiary/aromatic N) is 1. The summed E-state index contributed by atoms with van der Waals surface area (Å²) in [7, 11) is 0. The molecule has 1 aromatic rings. The second-order valence-electron chi connectivity index (χ2n) is 4.42. The van der Waals surface area contributed by atoms with Crippen LogP contribution in [0.1, 0.15) is 25.8 Å². The second kappa shape index (κ2) is 7.95. The van der Waals surface area contributed by atoms with E-state index in [1.165, 1.54) is 12.3 Å². The van der Waals surface area contributed by atoms with Crippen LogP contribution in [-0.4, -0.2) is 11.9 Å². The first-order chi connectivity index (χ1) is 9.58. The van der Waals surface area contributed by atoms with Crippen molar-refractivity contribution in [3.63, 3.8) is 0 Å². The second-order valence-corrected chi connectivity index (χ2v) is 4.42. The van der Waals surface area contributed by atoms with Gasteiger partial charge in [0.15, 0.2) is 0 Å². The fourth-order valence-electron chi connectivity index (χ4n) is 1.46. The molecule has 1 rings (SSSR count). The molecule has 0 aliphatic heterocycles. The number of benzene rings is 1. The van der Waals surface area contributed by atoms with Crippen LogP contribution in [0.5, 0.6) is 0 Å². The first-order valence-corrected chi connectivity index (χ1v) is 6.46. The summed E-state index contributed by atoms with van der Waals surface area (Å²) in [5.41, 5.74) is 0.449. The van der Waals surface area contributed by atoms with E-state index in [9.17, 15) is 9.18 Å². The standard InChI is InChI=1S/C15H18FN3O/c1-3-11(2)19-15(20)13(8-17)10-18-9-12-6-4-5-7-14(12)16/h4-7,10-11,18H,3,9H2,1-2H3,(H,19,20)/b13-10-. The highest BCUT2D eigenvalue weighted by Gasteiger charge is 2.10. The SMILES string of the molecule is CCC(C)NC(=O)/C(C#N)=C\NCc1ccccc1F. The molecule has 1 amide bonds. The zero-order chi connectivity index (χ0) is 15.0. The molecule has 1 atom stereocenters. The third-order valence-electron chi connectivity index (χ3n) is 2.85. The molecule has 0 saturated carbocycles. The Bertz CT molecular complexity index is 534. The van der Waals surface area contributed by atoms with Gasteiger partial charge in [0.25, 0.3) is 5.91 Å². The number of hydrogen-bond acceptors (Lipinski definition) is 3. The van der Waals surface area contributed by atoms with Crippen LogP contribution in [0.25, 0.3) is 0 Å². The minimum absolute atomic E-state index is 0.00539. The Morgan fingerprint density at radius 2 is 2.20 bits per heavy atom. The predicted molar refractivity (Wildman–Crippen MR) is 74.8 cm³/mol. The van der Waals surface area contributed by atoms with Gasteiger partial charge in [-0.25, -0.2) is 4.39 Å². The molecule has 0 heterocycles. The van der Waals surface area contributed by atoms with Crippen LogP contribution in [0.4, 0.5) is 4.39 Å². The number of carbonyl (C=O) groups excluding carboxylic acids is 1. The van der Waals surface area contributed by atoms with Gasteiger partial charge in [0.05, 0.1) is 0 Å². The molecule has 1 aromatic carbocycles. The number of rotatable bonds is 6. The normalized spacial score (nSPS) is 12.4. The van der Waals surface area contributed by atoms with Crippen molar-refractivity contribution < 1.29 is 9.18 Å². The molecule has 0 aliphatic carbocycles. The Morgan fingerprint density at radius 1 is 1.50 bits per heavy atom. The van der Waals surface area contributed by atoms with Crippen LogP contribution < -0.4 is 10.6 Å². The molecule has 2 N–H and O–H groups in total. The smallest absolute Gasteiger partial charge is 0.263 e. The lowest BCUT2D eigenvalue weighted by Crippen LogP contribution is -2.33. The molecule has 20 heavy (non-hydrogen) atoms. The molecule has 5 heteroatoms. The van der Waals surface area contributed by atoms with Gasteiger partial charge in [0.2, 0.25) is 0 Å². The van der Waals surface area contributed by atoms with Crippen molar-refractivity contribution in [3.8, 4) is 6.07 Å². The quantitative estimate of drug-likeness (QED) is 0.618. The number of halogens is 1. The third kappa shape index (κ3) is 4.73. The number of hydrogen-bond donors (Lipinski definition) is 2. The highest BCUT2D eigenvalue weighted by molar-refractivity contribution is 5.97. The van der Waals surface area contributed by atoms with Gasteiger partial charge >= 0.3 is 0 Å². The van der Waals surface area contributed by atoms with Crippen molar-refractivity contribution in [3.05, 3.63) is 47.4 Å². The molecule has 0 aromatic heterocycles. The zero-order valence-electron chi connectivity index (χ0n) is 11.6. The molecule has 0 saturated heterocycles. The first-order valence-electron chi connectivity index (χ1n) is 6.46. The molecule has 4 nitrogen and oxygen atoms in total. The average Bonchev–Trinajstić information content (AvgIpc) is 2.45. The molecule has 106 valence electrons. The molecule has 0 fully saturated rings. The van der Waals surface area contributed by atoms with Crippen molar-refractivity contribution in [2.75, 3.05) is 0 Å². The van der Waals surface area contributed by atoms with Gasteiger partial charge in [-0.2, -0.15) is 5.26 Å². The van der Waals surface area contributed by atoms with E-state index in [1.54, 1.807) is 18.2 Å². The summed E-state index contributed by atoms with van der Waals surface area (Å²) >= 11 is 0. The van der Waals surface area contributed by atoms with Gasteiger partial charge in [-0.1, -0.05) is 25.1 Å². The Morgan fingerprint density at radius 3 is 2.80 bits per heavy atom. The summed E-state index contributed by atoms with van der Waals surface area (Å²) in [6.07, 6.45) is 2.09. The van der Waals surface area contributed by atoms with Crippen molar-refractivity contribution in [2.45, 2.75) is 32.9 Å². The maximum atomic E-state index is 13.4. The van der Waals surface area contributed by atoms with Crippen LogP contribution in [0, 0.1) is 17.1 Å². The lowest BCUT2D eigenvalue weighted by molar-refractivity contribution is -0.117. The Hall–Kier alpha value is -2.35. The van der Waals surface area contributed by atoms with Crippen LogP contribution in [-0.2, 0) is 11.3 Å². The van der Waals surface area contributed by atoms with Crippen molar-refractivity contribution in [1.82, 2.24) is 10.6 Å². The monoisotopic (exact) mass is 275 g/mol. The van der Waals surface area contributed by atoms with E-state index in [2.05, 4.69) is 10.6 Å². The van der Waals surface area contributed by atoms with E-state index in [-0.39, 0.29) is 24.0 Å². The maximum absolute atomic E-state index is 13.4. The average molecular weight is 275 g/mol. The summed E-state index contributed by atoms with van der Waals surface area (Å²) in [5.74, 6) is -0.751. The van der Waals surface area contributed by atoms with Gasteiger partial charge < -0.3 is 10.6 Å². The zero-order valence-corrected chi connectivity index (χ0v) is 11.6. The predicted octanol–water partition coefficient (Wildman–Crippen LogP) is 2.24. The lowest BCUT2D eigenvalue weighted by atomic mass is 10.2. The molecule has 0 spiro atoms. The lowest BCUT2D eigenvalue weighted by Gasteiger charge is -2.10. The molecular weight excluding hydrogens is 257 g/mol. The summed E-state index contributed by atoms with van der Waals surface area (Å²) < 4.78 is 13.4. The van der Waals surface area contributed by atoms with Crippen LogP contribution >= 0.6 is 0 Å². The number of amides is 1. The topological polar surface area (TPSA) is 64.9 Å². The van der Waals surface area contributed by atoms with Crippen LogP contribution in [0.3, 0.4) is 0 Å². The number of nitrogens with one attached hydrogen (secondary N) is 2. The van der Waals surface area contributed by atoms with Crippen LogP contribution in [0.15, 0.2) is 36.0 Å². The Labute approximate surface area is 118 Å². The maximum Gasteiger partial charge on any atom is 0.263 e. The van der Waals surface area contributed by atoms with Gasteiger partial charge in [0.1, 0.15) is 17.5 Å². The first kappa shape index (κ1) is 15.7. The highest BCUT2D eigenvalue weighted by Crippen LogP contribution is 2.05. The Balaban J connectivity index is 2.61. The van der Waals surface area contributed by atoms with Crippen molar-refractivity contribution in [2.24, 2.45) is 0 Å². The number of nitriles is 1. The third-order valence-corrected chi connectivity index (χ3v) is 2.85. The fraction of sp³-hybridized carbons (Fsp3) is 0.333. The summed E-state index contributed by atoms with van der Waals surface area (Å²) in [5, 5.41) is 14.4. The Kier molecular flexibility index (Phi) is 6.24. The summed E-state index contributed by atoms with van der Waals surface area (Å²) in [4.78, 5) is 11.7. The minimum atomic E-state index is -0.428. The van der Waals surface area contributed by atoms with Gasteiger partial charge in [-0.05, 0) is 19.4 Å². The van der Waals surface area contributed by atoms with Crippen molar-refractivity contribution >= 4 is 5.91 Å². The van der Waals surface area contributed by atoms with Crippen molar-refractivity contribution in [1.29, 1.82) is 5.26 Å². The fourth-order valence-corrected chi connectivity index (χ4v) is 1.46. The van der Waals surface area contributed by atoms with E-state index in [0.29, 0.717) is 5.56 Å². The van der Waals surface area contributed by atoms with E-state index in [0.717, 1.165) is 6.42 Å². The molecule has 0 bridgehead atoms. The molecular formula is C15H18FN3O. The molecule has 1 unspecified atom stereocenters. The highest BCUT2D eigenvalue weighted by atomic mass is 19.1. The minimum Gasteiger partial charge on any atom is -0.385 e. The van der Waals surface area contributed by atoms with E-state index in [4.69, 9.17) is 5.26 Å². The van der Waals surface area contributed by atoms with E-state index >= 15 is 0 Å². The summed E-state index contributed by atoms with van der Waals surface area (Å²) in [6, 6.07) is 8.17. The summed E-state index contributed by atoms with van der Waals surface area (Å²) in [6.45, 7) is 4.02. The van der Waals surface area contributed by atoms with Gasteiger partial charge in [-0.3, -0.25) is 4.79 Å². The molecule has 0 aliphatic rings. The van der Waals surface area contributed by atoms with Gasteiger partial charge in [-0.15, -0.1) is 0 Å².